The minimum absolute atomic E-state index is 0.627. The molecule has 0 aromatic carbocycles. The summed E-state index contributed by atoms with van der Waals surface area (Å²) in [6, 6.07) is 2.73. The average molecular weight is 235 g/mol. The number of rotatable bonds is 5. The van der Waals surface area contributed by atoms with Gasteiger partial charge in [0.15, 0.2) is 0 Å². The summed E-state index contributed by atoms with van der Waals surface area (Å²) in [5.41, 5.74) is 1.01. The molecule has 1 aliphatic rings. The number of hydrogen-bond donors (Lipinski definition) is 1. The molecule has 0 spiro atoms. The Morgan fingerprint density at radius 1 is 1.44 bits per heavy atom. The summed E-state index contributed by atoms with van der Waals surface area (Å²) in [6.45, 7) is 0.927. The molecule has 1 N–H and O–H groups in total. The van der Waals surface area contributed by atoms with Crippen LogP contribution in [0.3, 0.4) is 0 Å². The number of nitrogens with one attached hydrogen (secondary N) is 1. The van der Waals surface area contributed by atoms with Crippen LogP contribution < -0.4 is 5.32 Å². The van der Waals surface area contributed by atoms with Crippen molar-refractivity contribution < 1.29 is 4.42 Å². The van der Waals surface area contributed by atoms with Crippen molar-refractivity contribution in [3.8, 4) is 11.5 Å². The van der Waals surface area contributed by atoms with E-state index in [1.807, 2.05) is 16.8 Å². The van der Waals surface area contributed by atoms with Gasteiger partial charge in [-0.05, 0) is 24.3 Å². The van der Waals surface area contributed by atoms with E-state index in [1.54, 1.807) is 11.3 Å². The first-order valence-electron chi connectivity index (χ1n) is 5.50. The van der Waals surface area contributed by atoms with E-state index >= 15 is 0 Å². The molecule has 84 valence electrons. The number of nitrogens with zero attached hydrogens (tertiary/aromatic N) is 2. The number of hydrogen-bond acceptors (Lipinski definition) is 5. The lowest BCUT2D eigenvalue weighted by Gasteiger charge is -1.97. The Morgan fingerprint density at radius 3 is 3.12 bits per heavy atom. The van der Waals surface area contributed by atoms with E-state index in [4.69, 9.17) is 4.42 Å². The monoisotopic (exact) mass is 235 g/mol. The molecule has 2 aromatic heterocycles. The lowest BCUT2D eigenvalue weighted by molar-refractivity contribution is 0.494. The van der Waals surface area contributed by atoms with Gasteiger partial charge >= 0.3 is 0 Å². The molecule has 4 nitrogen and oxygen atoms in total. The molecule has 16 heavy (non-hydrogen) atoms. The maximum Gasteiger partial charge on any atom is 0.248 e. The van der Waals surface area contributed by atoms with Crippen LogP contribution in [0.25, 0.3) is 11.5 Å². The molecular weight excluding hydrogens is 222 g/mol. The van der Waals surface area contributed by atoms with E-state index in [2.05, 4.69) is 15.5 Å². The average Bonchev–Trinajstić information content (AvgIpc) is 2.83. The first-order valence-corrected chi connectivity index (χ1v) is 6.44. The molecule has 0 aliphatic heterocycles. The number of aromatic nitrogens is 2. The SMILES string of the molecule is c1cc(-c2nnc(CCNC3CC3)o2)cs1. The van der Waals surface area contributed by atoms with Crippen molar-refractivity contribution in [2.75, 3.05) is 6.54 Å². The summed E-state index contributed by atoms with van der Waals surface area (Å²) in [7, 11) is 0. The van der Waals surface area contributed by atoms with Gasteiger partial charge in [0.2, 0.25) is 11.8 Å². The van der Waals surface area contributed by atoms with Crippen LogP contribution in [0.4, 0.5) is 0 Å². The van der Waals surface area contributed by atoms with Gasteiger partial charge in [0.05, 0.1) is 0 Å². The van der Waals surface area contributed by atoms with E-state index < -0.39 is 0 Å². The second kappa shape index (κ2) is 4.35. The maximum absolute atomic E-state index is 5.57. The third kappa shape index (κ3) is 2.31. The van der Waals surface area contributed by atoms with Crippen LogP contribution in [0.5, 0.6) is 0 Å². The molecule has 0 bridgehead atoms. The van der Waals surface area contributed by atoms with Crippen molar-refractivity contribution in [3.63, 3.8) is 0 Å². The van der Waals surface area contributed by atoms with Crippen LogP contribution in [-0.4, -0.2) is 22.8 Å². The predicted molar refractivity (Wildman–Crippen MR) is 62.3 cm³/mol. The van der Waals surface area contributed by atoms with Crippen molar-refractivity contribution in [3.05, 3.63) is 22.7 Å². The van der Waals surface area contributed by atoms with Gasteiger partial charge in [-0.15, -0.1) is 10.2 Å². The second-order valence-corrected chi connectivity index (χ2v) is 4.77. The summed E-state index contributed by atoms with van der Waals surface area (Å²) in [5, 5.41) is 15.5. The molecule has 1 saturated carbocycles. The van der Waals surface area contributed by atoms with E-state index in [0.29, 0.717) is 11.8 Å². The van der Waals surface area contributed by atoms with Gasteiger partial charge in [-0.2, -0.15) is 11.3 Å². The van der Waals surface area contributed by atoms with Gasteiger partial charge in [-0.25, -0.2) is 0 Å². The van der Waals surface area contributed by atoms with Crippen LogP contribution in [0.1, 0.15) is 18.7 Å². The summed E-state index contributed by atoms with van der Waals surface area (Å²) in [4.78, 5) is 0. The van der Waals surface area contributed by atoms with Gasteiger partial charge in [0.1, 0.15) is 0 Å². The summed E-state index contributed by atoms with van der Waals surface area (Å²) in [6.07, 6.45) is 3.43. The van der Waals surface area contributed by atoms with Crippen LogP contribution in [-0.2, 0) is 6.42 Å². The smallest absolute Gasteiger partial charge is 0.248 e. The Labute approximate surface area is 97.7 Å². The minimum atomic E-state index is 0.627. The molecule has 0 amide bonds. The van der Waals surface area contributed by atoms with Crippen molar-refractivity contribution in [2.24, 2.45) is 0 Å². The van der Waals surface area contributed by atoms with E-state index in [-0.39, 0.29) is 0 Å². The molecule has 0 saturated heterocycles. The van der Waals surface area contributed by atoms with Crippen LogP contribution in [0.2, 0.25) is 0 Å². The minimum Gasteiger partial charge on any atom is -0.421 e. The van der Waals surface area contributed by atoms with Crippen LogP contribution >= 0.6 is 11.3 Å². The zero-order valence-corrected chi connectivity index (χ0v) is 9.67. The Morgan fingerprint density at radius 2 is 2.38 bits per heavy atom. The van der Waals surface area contributed by atoms with Crippen molar-refractivity contribution in [1.82, 2.24) is 15.5 Å². The highest BCUT2D eigenvalue weighted by molar-refractivity contribution is 7.08. The molecule has 3 rings (SSSR count). The van der Waals surface area contributed by atoms with Crippen molar-refractivity contribution in [2.45, 2.75) is 25.3 Å². The number of thiophene rings is 1. The van der Waals surface area contributed by atoms with Crippen LogP contribution in [0, 0.1) is 0 Å². The fourth-order valence-electron chi connectivity index (χ4n) is 1.53. The molecule has 1 aliphatic carbocycles. The van der Waals surface area contributed by atoms with Crippen molar-refractivity contribution >= 4 is 11.3 Å². The zero-order chi connectivity index (χ0) is 10.8. The van der Waals surface area contributed by atoms with Gasteiger partial charge in [0.25, 0.3) is 0 Å². The Bertz CT molecular complexity index is 448. The Kier molecular flexibility index (Phi) is 2.71. The fourth-order valence-corrected chi connectivity index (χ4v) is 2.16. The molecule has 1 fully saturated rings. The van der Waals surface area contributed by atoms with Gasteiger partial charge in [-0.3, -0.25) is 0 Å². The highest BCUT2D eigenvalue weighted by atomic mass is 32.1. The van der Waals surface area contributed by atoms with Gasteiger partial charge in [-0.1, -0.05) is 0 Å². The molecule has 2 aromatic rings. The standard InChI is InChI=1S/C11H13N3OS/c1-2-9(1)12-5-3-10-13-14-11(15-10)8-4-6-16-7-8/h4,6-7,9,12H,1-3,5H2. The van der Waals surface area contributed by atoms with Crippen molar-refractivity contribution in [1.29, 1.82) is 0 Å². The Balaban J connectivity index is 1.59. The fraction of sp³-hybridized carbons (Fsp3) is 0.455. The van der Waals surface area contributed by atoms with E-state index in [0.717, 1.165) is 24.6 Å². The molecular formula is C11H13N3OS. The molecule has 0 atom stereocenters. The Hall–Kier alpha value is -1.20. The molecule has 0 radical (unpaired) electrons. The lowest BCUT2D eigenvalue weighted by atomic mass is 10.3. The highest BCUT2D eigenvalue weighted by Crippen LogP contribution is 2.21. The molecule has 0 unspecified atom stereocenters. The quantitative estimate of drug-likeness (QED) is 0.862. The normalized spacial score (nSPS) is 15.5. The molecule has 5 heteroatoms. The first kappa shape index (κ1) is 9.99. The largest absolute Gasteiger partial charge is 0.421 e. The summed E-state index contributed by atoms with van der Waals surface area (Å²) in [5.74, 6) is 1.34. The van der Waals surface area contributed by atoms with Crippen LogP contribution in [0.15, 0.2) is 21.2 Å². The van der Waals surface area contributed by atoms with Gasteiger partial charge < -0.3 is 9.73 Å². The predicted octanol–water partition coefficient (Wildman–Crippen LogP) is 2.09. The third-order valence-electron chi connectivity index (χ3n) is 2.58. The topological polar surface area (TPSA) is 51.0 Å². The highest BCUT2D eigenvalue weighted by Gasteiger charge is 2.20. The second-order valence-electron chi connectivity index (χ2n) is 3.99. The van der Waals surface area contributed by atoms with E-state index in [9.17, 15) is 0 Å². The maximum atomic E-state index is 5.57. The van der Waals surface area contributed by atoms with Gasteiger partial charge in [0, 0.05) is 30.0 Å². The zero-order valence-electron chi connectivity index (χ0n) is 8.85. The summed E-state index contributed by atoms with van der Waals surface area (Å²) < 4.78 is 5.57. The van der Waals surface area contributed by atoms with E-state index in [1.165, 1.54) is 12.8 Å². The summed E-state index contributed by atoms with van der Waals surface area (Å²) >= 11 is 1.63. The lowest BCUT2D eigenvalue weighted by Crippen LogP contribution is -2.19. The first-order chi connectivity index (χ1) is 7.92. The third-order valence-corrected chi connectivity index (χ3v) is 3.27. The molecule has 2 heterocycles.